The number of halogens is 1. The minimum Gasteiger partial charge on any atom is -0.490 e. The molecule has 2 amide bonds. The second-order valence-corrected chi connectivity index (χ2v) is 6.43. The molecule has 1 aromatic carbocycles. The smallest absolute Gasteiger partial charge is 0.276 e. The number of nitrogens with zero attached hydrogens (tertiary/aromatic N) is 3. The number of rotatable bonds is 6. The van der Waals surface area contributed by atoms with Crippen molar-refractivity contribution < 1.29 is 23.5 Å². The number of benzene rings is 1. The Balaban J connectivity index is 1.77. The largest absolute Gasteiger partial charge is 0.490 e. The van der Waals surface area contributed by atoms with E-state index in [-0.39, 0.29) is 44.2 Å². The van der Waals surface area contributed by atoms with Crippen LogP contribution in [0, 0.1) is 5.82 Å². The first-order chi connectivity index (χ1) is 13.4. The van der Waals surface area contributed by atoms with Crippen molar-refractivity contribution in [1.29, 1.82) is 0 Å². The van der Waals surface area contributed by atoms with Crippen LogP contribution in [0.15, 0.2) is 36.7 Å². The van der Waals surface area contributed by atoms with Crippen molar-refractivity contribution in [3.8, 4) is 5.75 Å². The van der Waals surface area contributed by atoms with Crippen molar-refractivity contribution >= 4 is 17.6 Å². The number of anilines is 1. The van der Waals surface area contributed by atoms with E-state index in [0.29, 0.717) is 5.75 Å². The molecule has 0 aliphatic carbocycles. The van der Waals surface area contributed by atoms with Crippen LogP contribution in [-0.4, -0.2) is 58.6 Å². The number of hydrogen-bond acceptors (Lipinski definition) is 7. The highest BCUT2D eigenvalue weighted by molar-refractivity contribution is 5.96. The monoisotopic (exact) mass is 389 g/mol. The molecule has 0 saturated carbocycles. The average Bonchev–Trinajstić information content (AvgIpc) is 2.67. The van der Waals surface area contributed by atoms with Gasteiger partial charge in [-0.05, 0) is 24.3 Å². The summed E-state index contributed by atoms with van der Waals surface area (Å²) >= 11 is 0. The van der Waals surface area contributed by atoms with Gasteiger partial charge in [0.05, 0.1) is 19.6 Å². The van der Waals surface area contributed by atoms with Gasteiger partial charge in [-0.15, -0.1) is 0 Å². The molecule has 1 atom stereocenters. The van der Waals surface area contributed by atoms with E-state index in [0.717, 1.165) is 0 Å². The zero-order valence-corrected chi connectivity index (χ0v) is 15.0. The number of primary amides is 1. The molecule has 9 nitrogen and oxygen atoms in total. The first-order valence-electron chi connectivity index (χ1n) is 8.55. The number of ether oxygens (including phenoxy) is 2. The van der Waals surface area contributed by atoms with Crippen molar-refractivity contribution in [3.05, 3.63) is 48.2 Å². The lowest BCUT2D eigenvalue weighted by Gasteiger charge is -2.41. The summed E-state index contributed by atoms with van der Waals surface area (Å²) in [5.41, 5.74) is 10.0. The molecular weight excluding hydrogens is 369 g/mol. The van der Waals surface area contributed by atoms with E-state index in [1.807, 2.05) is 0 Å². The Kier molecular flexibility index (Phi) is 5.69. The van der Waals surface area contributed by atoms with Crippen molar-refractivity contribution in [3.63, 3.8) is 0 Å². The van der Waals surface area contributed by atoms with Crippen molar-refractivity contribution in [2.45, 2.75) is 12.0 Å². The van der Waals surface area contributed by atoms with Gasteiger partial charge in [-0.1, -0.05) is 0 Å². The molecule has 2 heterocycles. The van der Waals surface area contributed by atoms with E-state index in [4.69, 9.17) is 20.9 Å². The summed E-state index contributed by atoms with van der Waals surface area (Å²) in [5, 5.41) is 0. The topological polar surface area (TPSA) is 134 Å². The van der Waals surface area contributed by atoms with Gasteiger partial charge in [0.2, 0.25) is 5.91 Å². The Morgan fingerprint density at radius 3 is 2.64 bits per heavy atom. The molecule has 1 fully saturated rings. The third-order valence-electron chi connectivity index (χ3n) is 4.28. The van der Waals surface area contributed by atoms with Gasteiger partial charge in [-0.25, -0.2) is 14.4 Å². The van der Waals surface area contributed by atoms with Crippen LogP contribution < -0.4 is 16.2 Å². The number of carbonyl (C=O) groups excluding carboxylic acids is 2. The molecule has 0 radical (unpaired) electrons. The Hall–Kier alpha value is -3.27. The highest BCUT2D eigenvalue weighted by atomic mass is 19.1. The van der Waals surface area contributed by atoms with Crippen LogP contribution in [-0.2, 0) is 9.53 Å². The third-order valence-corrected chi connectivity index (χ3v) is 4.28. The standard InChI is InChI=1S/C18H20FN5O4/c19-12-1-3-13(4-2-12)27-11-18(9-14(20)25)10-24(7-8-28-18)17(26)15-16(21)23-6-5-22-15/h1-6H,7-11H2,(H2,20,25)(H2,21,23)/t18-/m1/s1. The van der Waals surface area contributed by atoms with E-state index in [1.165, 1.54) is 41.6 Å². The lowest BCUT2D eigenvalue weighted by molar-refractivity contribution is -0.142. The number of morpholine rings is 1. The zero-order chi connectivity index (χ0) is 20.1. The maximum Gasteiger partial charge on any atom is 0.276 e. The predicted octanol–water partition coefficient (Wildman–Crippen LogP) is 0.363. The van der Waals surface area contributed by atoms with Crippen molar-refractivity contribution in [2.75, 3.05) is 32.0 Å². The van der Waals surface area contributed by atoms with Gasteiger partial charge < -0.3 is 25.8 Å². The van der Waals surface area contributed by atoms with Crippen molar-refractivity contribution in [1.82, 2.24) is 14.9 Å². The van der Waals surface area contributed by atoms with E-state index in [1.54, 1.807) is 0 Å². The number of hydrogen-bond donors (Lipinski definition) is 2. The summed E-state index contributed by atoms with van der Waals surface area (Å²) in [5.74, 6) is -1.01. The van der Waals surface area contributed by atoms with Gasteiger partial charge in [0, 0.05) is 18.9 Å². The molecule has 1 aromatic heterocycles. The molecule has 0 spiro atoms. The van der Waals surface area contributed by atoms with Crippen LogP contribution in [0.2, 0.25) is 0 Å². The van der Waals surface area contributed by atoms with Gasteiger partial charge in [0.25, 0.3) is 5.91 Å². The van der Waals surface area contributed by atoms with Crippen LogP contribution in [0.3, 0.4) is 0 Å². The molecule has 4 N–H and O–H groups in total. The zero-order valence-electron chi connectivity index (χ0n) is 15.0. The van der Waals surface area contributed by atoms with Crippen LogP contribution in [0.25, 0.3) is 0 Å². The SMILES string of the molecule is NC(=O)C[C@]1(COc2ccc(F)cc2)CN(C(=O)c2nccnc2N)CCO1. The van der Waals surface area contributed by atoms with Gasteiger partial charge in [-0.3, -0.25) is 9.59 Å². The number of aromatic nitrogens is 2. The summed E-state index contributed by atoms with van der Waals surface area (Å²) in [6.45, 7) is 0.450. The average molecular weight is 389 g/mol. The van der Waals surface area contributed by atoms with Gasteiger partial charge in [-0.2, -0.15) is 0 Å². The summed E-state index contributed by atoms with van der Waals surface area (Å²) in [6.07, 6.45) is 2.60. The Morgan fingerprint density at radius 1 is 1.25 bits per heavy atom. The molecule has 1 aliphatic rings. The van der Waals surface area contributed by atoms with Gasteiger partial charge in [0.1, 0.15) is 23.8 Å². The summed E-state index contributed by atoms with van der Waals surface area (Å²) in [4.78, 5) is 33.7. The Labute approximate surface area is 160 Å². The second-order valence-electron chi connectivity index (χ2n) is 6.43. The number of carbonyl (C=O) groups is 2. The molecule has 148 valence electrons. The van der Waals surface area contributed by atoms with Crippen LogP contribution in [0.1, 0.15) is 16.9 Å². The number of nitrogen functional groups attached to an aromatic ring is 1. The molecular formula is C18H20FN5O4. The minimum absolute atomic E-state index is 0.0158. The fraction of sp³-hybridized carbons (Fsp3) is 0.333. The second kappa shape index (κ2) is 8.17. The maximum absolute atomic E-state index is 13.1. The normalized spacial score (nSPS) is 19.2. The van der Waals surface area contributed by atoms with E-state index < -0.39 is 23.2 Å². The van der Waals surface area contributed by atoms with Crippen LogP contribution in [0.4, 0.5) is 10.2 Å². The molecule has 3 rings (SSSR count). The molecule has 0 unspecified atom stereocenters. The quantitative estimate of drug-likeness (QED) is 0.729. The lowest BCUT2D eigenvalue weighted by Crippen LogP contribution is -2.58. The van der Waals surface area contributed by atoms with Crippen molar-refractivity contribution in [2.24, 2.45) is 5.73 Å². The molecule has 28 heavy (non-hydrogen) atoms. The van der Waals surface area contributed by atoms with Crippen LogP contribution in [0.5, 0.6) is 5.75 Å². The van der Waals surface area contributed by atoms with E-state index in [2.05, 4.69) is 9.97 Å². The van der Waals surface area contributed by atoms with Crippen LogP contribution >= 0.6 is 0 Å². The summed E-state index contributed by atoms with van der Waals surface area (Å²) in [6, 6.07) is 5.42. The molecule has 10 heteroatoms. The molecule has 1 aliphatic heterocycles. The van der Waals surface area contributed by atoms with E-state index >= 15 is 0 Å². The Bertz CT molecular complexity index is 863. The lowest BCUT2D eigenvalue weighted by atomic mass is 9.97. The van der Waals surface area contributed by atoms with Gasteiger partial charge in [0.15, 0.2) is 11.5 Å². The Morgan fingerprint density at radius 2 is 1.96 bits per heavy atom. The minimum atomic E-state index is -1.15. The number of amides is 2. The first-order valence-corrected chi connectivity index (χ1v) is 8.55. The first kappa shape index (κ1) is 19.5. The summed E-state index contributed by atoms with van der Waals surface area (Å²) < 4.78 is 24.5. The molecule has 0 bridgehead atoms. The summed E-state index contributed by atoms with van der Waals surface area (Å²) in [7, 11) is 0. The fourth-order valence-corrected chi connectivity index (χ4v) is 2.99. The predicted molar refractivity (Wildman–Crippen MR) is 96.7 cm³/mol. The molecule has 2 aromatic rings. The fourth-order valence-electron chi connectivity index (χ4n) is 2.99. The highest BCUT2D eigenvalue weighted by Crippen LogP contribution is 2.25. The molecule has 1 saturated heterocycles. The van der Waals surface area contributed by atoms with E-state index in [9.17, 15) is 14.0 Å². The highest BCUT2D eigenvalue weighted by Gasteiger charge is 2.41. The number of nitrogens with two attached hydrogens (primary N) is 2. The van der Waals surface area contributed by atoms with Gasteiger partial charge >= 0.3 is 0 Å². The third kappa shape index (κ3) is 4.52. The maximum atomic E-state index is 13.1.